The largest absolute Gasteiger partial charge is 0.465 e. The molecule has 5 nitrogen and oxygen atoms in total. The number of carbonyl (C=O) groups is 2. The van der Waals surface area contributed by atoms with E-state index in [4.69, 9.17) is 4.42 Å². The lowest BCUT2D eigenvalue weighted by atomic mass is 10.00. The molecule has 1 unspecified atom stereocenters. The molecule has 154 valence electrons. The van der Waals surface area contributed by atoms with Gasteiger partial charge < -0.3 is 15.1 Å². The third kappa shape index (κ3) is 5.06. The Morgan fingerprint density at radius 2 is 1.73 bits per heavy atom. The Morgan fingerprint density at radius 1 is 0.967 bits per heavy atom. The van der Waals surface area contributed by atoms with E-state index >= 15 is 0 Å². The van der Waals surface area contributed by atoms with E-state index in [9.17, 15) is 9.59 Å². The van der Waals surface area contributed by atoms with Gasteiger partial charge in [0.25, 0.3) is 11.8 Å². The van der Waals surface area contributed by atoms with Gasteiger partial charge in [0.2, 0.25) is 0 Å². The van der Waals surface area contributed by atoms with Crippen LogP contribution in [0.2, 0.25) is 0 Å². The van der Waals surface area contributed by atoms with Crippen molar-refractivity contribution in [3.63, 3.8) is 0 Å². The molecule has 1 aromatic heterocycles. The van der Waals surface area contributed by atoms with Crippen LogP contribution in [-0.4, -0.2) is 11.8 Å². The number of amides is 2. The topological polar surface area (TPSA) is 71.3 Å². The van der Waals surface area contributed by atoms with Crippen LogP contribution in [0.25, 0.3) is 6.08 Å². The molecule has 0 aliphatic carbocycles. The van der Waals surface area contributed by atoms with Crippen LogP contribution in [0.15, 0.2) is 71.0 Å². The van der Waals surface area contributed by atoms with Crippen LogP contribution in [0.3, 0.4) is 0 Å². The van der Waals surface area contributed by atoms with Gasteiger partial charge in [-0.15, -0.1) is 0 Å². The Labute approximate surface area is 176 Å². The van der Waals surface area contributed by atoms with Gasteiger partial charge in [0.15, 0.2) is 0 Å². The van der Waals surface area contributed by atoms with Crippen molar-refractivity contribution in [2.75, 3.05) is 0 Å². The van der Waals surface area contributed by atoms with Crippen molar-refractivity contribution in [1.29, 1.82) is 0 Å². The highest BCUT2D eigenvalue weighted by atomic mass is 16.3. The molecular weight excluding hydrogens is 376 g/mol. The quantitative estimate of drug-likeness (QED) is 0.579. The monoisotopic (exact) mass is 402 g/mol. The smallest absolute Gasteiger partial charge is 0.268 e. The van der Waals surface area contributed by atoms with Crippen LogP contribution in [0.4, 0.5) is 0 Å². The summed E-state index contributed by atoms with van der Waals surface area (Å²) < 4.78 is 5.34. The van der Waals surface area contributed by atoms with E-state index in [1.54, 1.807) is 24.3 Å². The first kappa shape index (κ1) is 21.1. The van der Waals surface area contributed by atoms with Gasteiger partial charge in [0.05, 0.1) is 12.3 Å². The Kier molecular flexibility index (Phi) is 6.52. The fourth-order valence-corrected chi connectivity index (χ4v) is 3.35. The maximum atomic E-state index is 13.0. The van der Waals surface area contributed by atoms with Gasteiger partial charge in [-0.05, 0) is 62.6 Å². The van der Waals surface area contributed by atoms with Crippen molar-refractivity contribution in [2.24, 2.45) is 0 Å². The summed E-state index contributed by atoms with van der Waals surface area (Å²) in [6, 6.07) is 16.6. The van der Waals surface area contributed by atoms with Crippen molar-refractivity contribution in [3.8, 4) is 0 Å². The molecule has 0 radical (unpaired) electrons. The lowest BCUT2D eigenvalue weighted by molar-refractivity contribution is -0.118. The molecule has 30 heavy (non-hydrogen) atoms. The summed E-state index contributed by atoms with van der Waals surface area (Å²) in [5, 5.41) is 5.72. The summed E-state index contributed by atoms with van der Waals surface area (Å²) in [4.78, 5) is 25.8. The first-order valence-corrected chi connectivity index (χ1v) is 9.85. The van der Waals surface area contributed by atoms with E-state index in [0.29, 0.717) is 11.3 Å². The highest BCUT2D eigenvalue weighted by molar-refractivity contribution is 6.05. The minimum atomic E-state index is -0.388. The van der Waals surface area contributed by atoms with Crippen molar-refractivity contribution >= 4 is 17.9 Å². The number of hydrogen-bond donors (Lipinski definition) is 2. The Hall–Kier alpha value is -3.60. The van der Waals surface area contributed by atoms with Crippen LogP contribution >= 0.6 is 0 Å². The average Bonchev–Trinajstić information content (AvgIpc) is 3.20. The molecule has 3 aromatic rings. The molecule has 5 heteroatoms. The van der Waals surface area contributed by atoms with Crippen molar-refractivity contribution < 1.29 is 14.0 Å². The second kappa shape index (κ2) is 9.27. The molecule has 1 atom stereocenters. The van der Waals surface area contributed by atoms with Gasteiger partial charge >= 0.3 is 0 Å². The molecule has 0 aliphatic heterocycles. The molecule has 3 rings (SSSR count). The third-order valence-corrected chi connectivity index (χ3v) is 4.95. The zero-order valence-electron chi connectivity index (χ0n) is 17.7. The maximum absolute atomic E-state index is 13.0. The number of hydrogen-bond acceptors (Lipinski definition) is 3. The SMILES string of the molecule is Cc1ccc(C(C)NC(=O)/C(=C/c2ccco2)NC(=O)c2ccccc2C)c(C)c1. The van der Waals surface area contributed by atoms with Crippen LogP contribution in [0.5, 0.6) is 0 Å². The second-order valence-electron chi connectivity index (χ2n) is 7.40. The van der Waals surface area contributed by atoms with E-state index in [0.717, 1.165) is 16.7 Å². The molecule has 0 saturated carbocycles. The number of nitrogens with one attached hydrogen (secondary N) is 2. The molecular formula is C25H26N2O3. The van der Waals surface area contributed by atoms with Gasteiger partial charge in [0.1, 0.15) is 11.5 Å². The van der Waals surface area contributed by atoms with E-state index in [1.807, 2.05) is 52.0 Å². The van der Waals surface area contributed by atoms with Crippen LogP contribution < -0.4 is 10.6 Å². The minimum absolute atomic E-state index is 0.120. The summed E-state index contributed by atoms with van der Waals surface area (Å²) in [6.07, 6.45) is 3.04. The summed E-state index contributed by atoms with van der Waals surface area (Å²) in [5.41, 5.74) is 4.75. The van der Waals surface area contributed by atoms with E-state index in [2.05, 4.69) is 16.7 Å². The van der Waals surface area contributed by atoms with E-state index in [-0.39, 0.29) is 23.6 Å². The number of benzene rings is 2. The highest BCUT2D eigenvalue weighted by Crippen LogP contribution is 2.19. The minimum Gasteiger partial charge on any atom is -0.465 e. The molecule has 0 bridgehead atoms. The van der Waals surface area contributed by atoms with E-state index in [1.165, 1.54) is 17.9 Å². The molecule has 2 amide bonds. The van der Waals surface area contributed by atoms with Gasteiger partial charge in [-0.3, -0.25) is 9.59 Å². The number of furan rings is 1. The molecule has 0 spiro atoms. The zero-order valence-corrected chi connectivity index (χ0v) is 17.7. The molecule has 2 N–H and O–H groups in total. The first-order chi connectivity index (χ1) is 14.3. The standard InChI is InChI=1S/C25H26N2O3/c1-16-11-12-21(18(3)14-16)19(4)26-25(29)23(15-20-9-7-13-30-20)27-24(28)22-10-6-5-8-17(22)2/h5-15,19H,1-4H3,(H,26,29)(H,27,28)/b23-15-. The summed E-state index contributed by atoms with van der Waals surface area (Å²) in [6.45, 7) is 7.83. The molecule has 0 aliphatic rings. The van der Waals surface area contributed by atoms with Crippen molar-refractivity contribution in [2.45, 2.75) is 33.7 Å². The number of carbonyl (C=O) groups excluding carboxylic acids is 2. The predicted molar refractivity (Wildman–Crippen MR) is 118 cm³/mol. The fraction of sp³-hybridized carbons (Fsp3) is 0.200. The predicted octanol–water partition coefficient (Wildman–Crippen LogP) is 4.85. The van der Waals surface area contributed by atoms with Gasteiger partial charge in [-0.1, -0.05) is 42.0 Å². The van der Waals surface area contributed by atoms with Crippen molar-refractivity contribution in [1.82, 2.24) is 10.6 Å². The van der Waals surface area contributed by atoms with Gasteiger partial charge in [-0.2, -0.15) is 0 Å². The molecule has 2 aromatic carbocycles. The van der Waals surface area contributed by atoms with E-state index < -0.39 is 0 Å². The fourth-order valence-electron chi connectivity index (χ4n) is 3.35. The normalized spacial score (nSPS) is 12.3. The zero-order chi connectivity index (χ0) is 21.7. The summed E-state index contributed by atoms with van der Waals surface area (Å²) in [5.74, 6) is -0.259. The third-order valence-electron chi connectivity index (χ3n) is 4.95. The summed E-state index contributed by atoms with van der Waals surface area (Å²) in [7, 11) is 0. The number of rotatable bonds is 6. The number of aryl methyl sites for hydroxylation is 3. The van der Waals surface area contributed by atoms with Crippen LogP contribution in [0, 0.1) is 20.8 Å². The summed E-state index contributed by atoms with van der Waals surface area (Å²) >= 11 is 0. The Morgan fingerprint density at radius 3 is 2.40 bits per heavy atom. The first-order valence-electron chi connectivity index (χ1n) is 9.85. The second-order valence-corrected chi connectivity index (χ2v) is 7.40. The molecule has 1 heterocycles. The average molecular weight is 402 g/mol. The van der Waals surface area contributed by atoms with Gasteiger partial charge in [0, 0.05) is 11.6 Å². The Balaban J connectivity index is 1.84. The van der Waals surface area contributed by atoms with Crippen LogP contribution in [0.1, 0.15) is 51.3 Å². The van der Waals surface area contributed by atoms with Gasteiger partial charge in [-0.25, -0.2) is 0 Å². The lowest BCUT2D eigenvalue weighted by Gasteiger charge is -2.19. The maximum Gasteiger partial charge on any atom is 0.268 e. The molecule has 0 fully saturated rings. The lowest BCUT2D eigenvalue weighted by Crippen LogP contribution is -2.36. The molecule has 0 saturated heterocycles. The van der Waals surface area contributed by atoms with Crippen molar-refractivity contribution in [3.05, 3.63) is 100 Å². The highest BCUT2D eigenvalue weighted by Gasteiger charge is 2.19. The Bertz CT molecular complexity index is 1080. The van der Waals surface area contributed by atoms with Crippen LogP contribution in [-0.2, 0) is 4.79 Å².